The zero-order valence-electron chi connectivity index (χ0n) is 30.9. The molecule has 270 valence electrons. The lowest BCUT2D eigenvalue weighted by Crippen LogP contribution is -2.00. The molecule has 0 bridgehead atoms. The summed E-state index contributed by atoms with van der Waals surface area (Å²) in [6, 6.07) is 63.1. The number of fused-ring (bicyclic) bond motifs is 10. The SMILES string of the molecule is c1ccc(-c2nc(-c3ccc(-c4cc5c(-c6ccccc6)nc6ccccc6c5c5c4oc4ccccc45)cc3)nc(-c3cccc4c3sc3ccccc34)n2)cc1. The number of para-hydroxylation sites is 2. The highest BCUT2D eigenvalue weighted by atomic mass is 32.1. The number of aromatic nitrogens is 4. The largest absolute Gasteiger partial charge is 0.455 e. The van der Waals surface area contributed by atoms with Crippen LogP contribution in [0.3, 0.4) is 0 Å². The molecule has 4 heterocycles. The van der Waals surface area contributed by atoms with Gasteiger partial charge in [-0.1, -0.05) is 152 Å². The summed E-state index contributed by atoms with van der Waals surface area (Å²) in [5.74, 6) is 1.90. The topological polar surface area (TPSA) is 64.7 Å². The highest BCUT2D eigenvalue weighted by Gasteiger charge is 2.22. The standard InChI is InChI=1S/C52H30N4OS/c1-3-14-32(15-4-1)47-41-30-40(48-46(38-20-8-11-24-43(38)57-48)45(41)37-19-7-10-23-42(37)53-47)31-26-28-34(29-27-31)51-54-50(33-16-5-2-6-17-33)55-52(56-51)39-22-13-21-36-35-18-9-12-25-44(35)58-49(36)39/h1-30H. The van der Waals surface area contributed by atoms with E-state index in [1.165, 1.54) is 20.2 Å². The van der Waals surface area contributed by atoms with E-state index in [0.717, 1.165) is 82.7 Å². The van der Waals surface area contributed by atoms with Crippen LogP contribution < -0.4 is 0 Å². The number of hydrogen-bond acceptors (Lipinski definition) is 6. The molecule has 0 unspecified atom stereocenters. The summed E-state index contributed by atoms with van der Waals surface area (Å²) in [5.41, 5.74) is 9.51. The van der Waals surface area contributed by atoms with Gasteiger partial charge in [-0.2, -0.15) is 0 Å². The van der Waals surface area contributed by atoms with Crippen LogP contribution >= 0.6 is 11.3 Å². The Balaban J connectivity index is 1.07. The van der Waals surface area contributed by atoms with Crippen molar-refractivity contribution in [2.24, 2.45) is 0 Å². The van der Waals surface area contributed by atoms with Gasteiger partial charge in [-0.25, -0.2) is 19.9 Å². The highest BCUT2D eigenvalue weighted by Crippen LogP contribution is 2.46. The van der Waals surface area contributed by atoms with E-state index in [-0.39, 0.29) is 0 Å². The normalized spacial score (nSPS) is 11.8. The number of furan rings is 1. The van der Waals surface area contributed by atoms with Crippen molar-refractivity contribution in [3.63, 3.8) is 0 Å². The van der Waals surface area contributed by atoms with Crippen LogP contribution in [0.1, 0.15) is 0 Å². The van der Waals surface area contributed by atoms with E-state index in [2.05, 4.69) is 140 Å². The second kappa shape index (κ2) is 13.0. The van der Waals surface area contributed by atoms with Gasteiger partial charge >= 0.3 is 0 Å². The molecular formula is C52H30N4OS. The average molecular weight is 759 g/mol. The minimum atomic E-state index is 0.614. The Labute approximate surface area is 336 Å². The van der Waals surface area contributed by atoms with Gasteiger partial charge in [-0.3, -0.25) is 0 Å². The first-order valence-electron chi connectivity index (χ1n) is 19.3. The molecule has 0 aliphatic carbocycles. The van der Waals surface area contributed by atoms with Crippen molar-refractivity contribution in [2.75, 3.05) is 0 Å². The summed E-state index contributed by atoms with van der Waals surface area (Å²) in [5, 5.41) is 7.93. The molecule has 0 fully saturated rings. The Morgan fingerprint density at radius 2 is 0.983 bits per heavy atom. The zero-order valence-corrected chi connectivity index (χ0v) is 31.7. The quantitative estimate of drug-likeness (QED) is 0.164. The summed E-state index contributed by atoms with van der Waals surface area (Å²) in [6.45, 7) is 0. The van der Waals surface area contributed by atoms with Gasteiger partial charge in [0.15, 0.2) is 17.5 Å². The molecule has 0 saturated heterocycles. The Bertz CT molecular complexity index is 3560. The van der Waals surface area contributed by atoms with Gasteiger partial charge in [0.2, 0.25) is 0 Å². The van der Waals surface area contributed by atoms with Crippen molar-refractivity contribution < 1.29 is 4.42 Å². The smallest absolute Gasteiger partial charge is 0.165 e. The van der Waals surface area contributed by atoms with Crippen molar-refractivity contribution in [2.45, 2.75) is 0 Å². The third kappa shape index (κ3) is 5.16. The predicted octanol–water partition coefficient (Wildman–Crippen LogP) is 14.2. The van der Waals surface area contributed by atoms with Crippen molar-refractivity contribution in [3.05, 3.63) is 182 Å². The molecule has 0 aliphatic heterocycles. The van der Waals surface area contributed by atoms with Crippen LogP contribution in [-0.4, -0.2) is 19.9 Å². The van der Waals surface area contributed by atoms with Crippen LogP contribution in [0.25, 0.3) is 120 Å². The molecule has 0 saturated carbocycles. The predicted molar refractivity (Wildman–Crippen MR) is 240 cm³/mol. The van der Waals surface area contributed by atoms with Crippen LogP contribution in [0.5, 0.6) is 0 Å². The monoisotopic (exact) mass is 758 g/mol. The second-order valence-electron chi connectivity index (χ2n) is 14.5. The van der Waals surface area contributed by atoms with Crippen molar-refractivity contribution in [3.8, 4) is 56.5 Å². The van der Waals surface area contributed by atoms with Crippen LogP contribution in [-0.2, 0) is 0 Å². The maximum atomic E-state index is 6.79. The third-order valence-corrected chi connectivity index (χ3v) is 12.3. The van der Waals surface area contributed by atoms with Gasteiger partial charge in [0.05, 0.1) is 11.2 Å². The first kappa shape index (κ1) is 32.7. The lowest BCUT2D eigenvalue weighted by Gasteiger charge is -2.14. The minimum absolute atomic E-state index is 0.614. The van der Waals surface area contributed by atoms with Crippen LogP contribution in [0, 0.1) is 0 Å². The number of rotatable bonds is 5. The van der Waals surface area contributed by atoms with E-state index >= 15 is 0 Å². The van der Waals surface area contributed by atoms with Crippen LogP contribution in [0.2, 0.25) is 0 Å². The van der Waals surface area contributed by atoms with E-state index in [0.29, 0.717) is 17.5 Å². The molecule has 12 aromatic rings. The van der Waals surface area contributed by atoms with E-state index in [4.69, 9.17) is 24.4 Å². The van der Waals surface area contributed by atoms with E-state index in [1.54, 1.807) is 11.3 Å². The molecule has 0 N–H and O–H groups in total. The molecular weight excluding hydrogens is 729 g/mol. The van der Waals surface area contributed by atoms with E-state index in [9.17, 15) is 0 Å². The number of nitrogens with zero attached hydrogens (tertiary/aromatic N) is 4. The van der Waals surface area contributed by atoms with Crippen molar-refractivity contribution in [1.29, 1.82) is 0 Å². The van der Waals surface area contributed by atoms with Gasteiger partial charge in [0.1, 0.15) is 11.2 Å². The summed E-state index contributed by atoms with van der Waals surface area (Å²) in [6.07, 6.45) is 0. The third-order valence-electron chi connectivity index (χ3n) is 11.1. The van der Waals surface area contributed by atoms with Gasteiger partial charge in [0, 0.05) is 74.9 Å². The van der Waals surface area contributed by atoms with Gasteiger partial charge in [-0.05, 0) is 35.9 Å². The van der Waals surface area contributed by atoms with Crippen LogP contribution in [0.15, 0.2) is 186 Å². The lowest BCUT2D eigenvalue weighted by molar-refractivity contribution is 0.670. The van der Waals surface area contributed by atoms with Gasteiger partial charge in [0.25, 0.3) is 0 Å². The zero-order chi connectivity index (χ0) is 38.2. The maximum Gasteiger partial charge on any atom is 0.165 e. The Morgan fingerprint density at radius 1 is 0.379 bits per heavy atom. The summed E-state index contributed by atoms with van der Waals surface area (Å²) in [7, 11) is 0. The fraction of sp³-hybridized carbons (Fsp3) is 0. The number of hydrogen-bond donors (Lipinski definition) is 0. The molecule has 0 radical (unpaired) electrons. The first-order chi connectivity index (χ1) is 28.7. The molecule has 0 atom stereocenters. The Morgan fingerprint density at radius 3 is 1.78 bits per heavy atom. The first-order valence-corrected chi connectivity index (χ1v) is 20.1. The summed E-state index contributed by atoms with van der Waals surface area (Å²) >= 11 is 1.78. The molecule has 0 aliphatic rings. The van der Waals surface area contributed by atoms with Gasteiger partial charge in [-0.15, -0.1) is 11.3 Å². The van der Waals surface area contributed by atoms with Crippen LogP contribution in [0.4, 0.5) is 0 Å². The number of pyridine rings is 1. The molecule has 0 spiro atoms. The fourth-order valence-corrected chi connectivity index (χ4v) is 9.64. The maximum absolute atomic E-state index is 6.79. The molecule has 0 amide bonds. The van der Waals surface area contributed by atoms with Crippen molar-refractivity contribution >= 4 is 75.1 Å². The van der Waals surface area contributed by atoms with Crippen molar-refractivity contribution in [1.82, 2.24) is 19.9 Å². The number of benzene rings is 8. The van der Waals surface area contributed by atoms with Gasteiger partial charge < -0.3 is 4.42 Å². The lowest BCUT2D eigenvalue weighted by atomic mass is 9.91. The second-order valence-corrected chi connectivity index (χ2v) is 15.6. The fourth-order valence-electron chi connectivity index (χ4n) is 8.42. The molecule has 6 heteroatoms. The minimum Gasteiger partial charge on any atom is -0.455 e. The van der Waals surface area contributed by atoms with E-state index < -0.39 is 0 Å². The highest BCUT2D eigenvalue weighted by molar-refractivity contribution is 7.26. The average Bonchev–Trinajstić information content (AvgIpc) is 3.88. The number of thiophene rings is 1. The molecule has 12 rings (SSSR count). The van der Waals surface area contributed by atoms with E-state index in [1.807, 2.05) is 42.5 Å². The molecule has 5 nitrogen and oxygen atoms in total. The summed E-state index contributed by atoms with van der Waals surface area (Å²) in [4.78, 5) is 20.6. The summed E-state index contributed by atoms with van der Waals surface area (Å²) < 4.78 is 9.20. The molecule has 4 aromatic heterocycles. The molecule has 8 aromatic carbocycles. The molecule has 58 heavy (non-hydrogen) atoms. The Hall–Kier alpha value is -7.54. The Kier molecular flexibility index (Phi) is 7.33.